The van der Waals surface area contributed by atoms with E-state index in [-0.39, 0.29) is 0 Å². The van der Waals surface area contributed by atoms with Crippen molar-refractivity contribution >= 4 is 23.6 Å². The van der Waals surface area contributed by atoms with Gasteiger partial charge in [0.1, 0.15) is 0 Å². The largest absolute Gasteiger partial charge is 0.204 e. The third kappa shape index (κ3) is 2.01. The topological polar surface area (TPSA) is 0 Å². The van der Waals surface area contributed by atoms with Crippen molar-refractivity contribution in [2.45, 2.75) is 13.1 Å². The minimum absolute atomic E-state index is 0.888. The molecule has 0 aromatic heterocycles. The van der Waals surface area contributed by atoms with E-state index in [9.17, 15) is 22.0 Å². The molecule has 0 atom stereocenters. The summed E-state index contributed by atoms with van der Waals surface area (Å²) in [5, 5.41) is -0.888. The fourth-order valence-electron chi connectivity index (χ4n) is 1.13. The van der Waals surface area contributed by atoms with Crippen molar-refractivity contribution in [3.63, 3.8) is 0 Å². The van der Waals surface area contributed by atoms with Crippen LogP contribution in [0.15, 0.2) is 0 Å². The lowest BCUT2D eigenvalue weighted by atomic mass is 10.3. The summed E-state index contributed by atoms with van der Waals surface area (Å²) >= 11 is 5.67. The molecule has 0 saturated carbocycles. The predicted octanol–water partition coefficient (Wildman–Crippen LogP) is 3.03. The summed E-state index contributed by atoms with van der Waals surface area (Å²) in [7, 11) is -3.13. The molecule has 0 aliphatic heterocycles. The van der Waals surface area contributed by atoms with Crippen molar-refractivity contribution in [2.75, 3.05) is 0 Å². The van der Waals surface area contributed by atoms with Crippen LogP contribution in [0.3, 0.4) is 0 Å². The first-order chi connectivity index (χ1) is 6.68. The van der Waals surface area contributed by atoms with Gasteiger partial charge in [0.25, 0.3) is 0 Å². The highest BCUT2D eigenvalue weighted by Crippen LogP contribution is 2.21. The van der Waals surface area contributed by atoms with Crippen LogP contribution >= 0.6 is 11.1 Å². The Morgan fingerprint density at radius 2 is 1.00 bits per heavy atom. The van der Waals surface area contributed by atoms with Crippen molar-refractivity contribution in [1.29, 1.82) is 0 Å². The first-order valence-corrected chi connectivity index (χ1v) is 7.90. The minimum atomic E-state index is -3.13. The fourth-order valence-corrected chi connectivity index (χ4v) is 2.89. The second-order valence-corrected chi connectivity index (χ2v) is 9.70. The van der Waals surface area contributed by atoms with Gasteiger partial charge in [0, 0.05) is 5.19 Å². The van der Waals surface area contributed by atoms with Crippen LogP contribution in [0.25, 0.3) is 0 Å². The molecule has 0 fully saturated rings. The van der Waals surface area contributed by atoms with Crippen molar-refractivity contribution in [3.8, 4) is 0 Å². The van der Waals surface area contributed by atoms with Gasteiger partial charge in [-0.1, -0.05) is 13.1 Å². The van der Waals surface area contributed by atoms with E-state index < -0.39 is 41.7 Å². The average Bonchev–Trinajstić information content (AvgIpc) is 2.09. The third-order valence-corrected chi connectivity index (χ3v) is 4.00. The maximum atomic E-state index is 13.1. The summed E-state index contributed by atoms with van der Waals surface area (Å²) in [6.45, 7) is 2.54. The van der Waals surface area contributed by atoms with Crippen LogP contribution in [0.2, 0.25) is 13.1 Å². The molecule has 0 saturated heterocycles. The molecular formula is C8H6ClF5Si. The number of rotatable bonds is 1. The van der Waals surface area contributed by atoms with Crippen LogP contribution < -0.4 is 5.19 Å². The van der Waals surface area contributed by atoms with Gasteiger partial charge in [-0.05, 0) is 0 Å². The normalized spacial score (nSPS) is 12.0. The lowest BCUT2D eigenvalue weighted by Gasteiger charge is -2.16. The minimum Gasteiger partial charge on any atom is -0.204 e. The van der Waals surface area contributed by atoms with Crippen LogP contribution in [0.5, 0.6) is 0 Å². The van der Waals surface area contributed by atoms with Gasteiger partial charge in [-0.15, -0.1) is 0 Å². The Morgan fingerprint density at radius 3 is 1.27 bits per heavy atom. The highest BCUT2D eigenvalue weighted by atomic mass is 35.6. The van der Waals surface area contributed by atoms with E-state index >= 15 is 0 Å². The Kier molecular flexibility index (Phi) is 3.11. The van der Waals surface area contributed by atoms with E-state index in [1.165, 1.54) is 13.1 Å². The SMILES string of the molecule is C[Si](C)(Cl)c1c(F)c(F)c(F)c(F)c1F. The second-order valence-electron chi connectivity index (χ2n) is 3.42. The summed E-state index contributed by atoms with van der Waals surface area (Å²) in [6.07, 6.45) is 0. The summed E-state index contributed by atoms with van der Waals surface area (Å²) in [5.41, 5.74) is 0. The summed E-state index contributed by atoms with van der Waals surface area (Å²) in [5.74, 6) is -9.74. The first-order valence-electron chi connectivity index (χ1n) is 3.88. The number of hydrogen-bond acceptors (Lipinski definition) is 0. The lowest BCUT2D eigenvalue weighted by Crippen LogP contribution is -2.42. The number of hydrogen-bond donors (Lipinski definition) is 0. The van der Waals surface area contributed by atoms with Gasteiger partial charge in [0.2, 0.25) is 5.82 Å². The molecule has 1 rings (SSSR count). The molecule has 0 unspecified atom stereocenters. The van der Waals surface area contributed by atoms with E-state index in [0.717, 1.165) is 0 Å². The van der Waals surface area contributed by atoms with E-state index in [4.69, 9.17) is 11.1 Å². The molecule has 0 spiro atoms. The molecular weight excluding hydrogens is 255 g/mol. The first kappa shape index (κ1) is 12.4. The molecule has 0 amide bonds. The summed E-state index contributed by atoms with van der Waals surface area (Å²) in [6, 6.07) is 0. The van der Waals surface area contributed by atoms with Gasteiger partial charge in [0.05, 0.1) is 0 Å². The molecule has 0 aliphatic carbocycles. The van der Waals surface area contributed by atoms with Gasteiger partial charge >= 0.3 is 0 Å². The molecule has 7 heteroatoms. The van der Waals surface area contributed by atoms with E-state index in [1.54, 1.807) is 0 Å². The molecule has 0 nitrogen and oxygen atoms in total. The molecule has 0 heterocycles. The van der Waals surface area contributed by atoms with Gasteiger partial charge in [-0.25, -0.2) is 22.0 Å². The molecule has 0 N–H and O–H groups in total. The highest BCUT2D eigenvalue weighted by Gasteiger charge is 2.35. The van der Waals surface area contributed by atoms with Crippen LogP contribution in [-0.2, 0) is 0 Å². The Labute approximate surface area is 88.4 Å². The molecule has 15 heavy (non-hydrogen) atoms. The van der Waals surface area contributed by atoms with Crippen LogP contribution in [0.1, 0.15) is 0 Å². The maximum absolute atomic E-state index is 13.1. The Bertz CT molecular complexity index is 383. The quantitative estimate of drug-likeness (QED) is 0.239. The molecule has 0 radical (unpaired) electrons. The van der Waals surface area contributed by atoms with Crippen LogP contribution in [0, 0.1) is 29.1 Å². The summed E-state index contributed by atoms with van der Waals surface area (Å²) in [4.78, 5) is 0. The number of benzene rings is 1. The zero-order valence-corrected chi connectivity index (χ0v) is 9.52. The van der Waals surface area contributed by atoms with Gasteiger partial charge < -0.3 is 0 Å². The van der Waals surface area contributed by atoms with E-state index in [1.807, 2.05) is 0 Å². The van der Waals surface area contributed by atoms with Crippen molar-refractivity contribution < 1.29 is 22.0 Å². The zero-order valence-electron chi connectivity index (χ0n) is 7.77. The van der Waals surface area contributed by atoms with Crippen molar-refractivity contribution in [3.05, 3.63) is 29.1 Å². The van der Waals surface area contributed by atoms with E-state index in [2.05, 4.69) is 0 Å². The van der Waals surface area contributed by atoms with Crippen molar-refractivity contribution in [1.82, 2.24) is 0 Å². The smallest absolute Gasteiger partial charge is 0.200 e. The molecule has 1 aromatic rings. The van der Waals surface area contributed by atoms with E-state index in [0.29, 0.717) is 0 Å². The maximum Gasteiger partial charge on any atom is 0.200 e. The fraction of sp³-hybridized carbons (Fsp3) is 0.250. The molecule has 1 aromatic carbocycles. The van der Waals surface area contributed by atoms with Crippen LogP contribution in [0.4, 0.5) is 22.0 Å². The van der Waals surface area contributed by atoms with Crippen LogP contribution in [-0.4, -0.2) is 7.38 Å². The average molecular weight is 261 g/mol. The predicted molar refractivity (Wildman–Crippen MR) is 49.2 cm³/mol. The molecule has 0 bridgehead atoms. The van der Waals surface area contributed by atoms with Gasteiger partial charge in [-0.2, -0.15) is 11.1 Å². The lowest BCUT2D eigenvalue weighted by molar-refractivity contribution is 0.384. The molecule has 0 aliphatic rings. The Hall–Kier alpha value is -0.623. The highest BCUT2D eigenvalue weighted by molar-refractivity contribution is 7.26. The zero-order chi connectivity index (χ0) is 12.0. The van der Waals surface area contributed by atoms with Crippen molar-refractivity contribution in [2.24, 2.45) is 0 Å². The monoisotopic (exact) mass is 260 g/mol. The van der Waals surface area contributed by atoms with Gasteiger partial charge in [0.15, 0.2) is 30.7 Å². The number of halogens is 6. The Morgan fingerprint density at radius 1 is 0.733 bits per heavy atom. The second kappa shape index (κ2) is 3.75. The molecule has 84 valence electrons. The standard InChI is InChI=1S/C8H6ClF5Si/c1-15(2,9)8-6(13)4(11)3(10)5(12)7(8)14/h1-2H3. The van der Waals surface area contributed by atoms with Gasteiger partial charge in [-0.3, -0.25) is 0 Å². The Balaban J connectivity index is 3.68. The summed E-state index contributed by atoms with van der Waals surface area (Å²) < 4.78 is 64.4. The third-order valence-electron chi connectivity index (χ3n) is 1.80.